The van der Waals surface area contributed by atoms with Gasteiger partial charge in [-0.25, -0.2) is 0 Å². The lowest BCUT2D eigenvalue weighted by molar-refractivity contribution is -0.147. The Kier molecular flexibility index (Phi) is 9.53. The number of hydrogen-bond donors (Lipinski definition) is 2. The highest BCUT2D eigenvalue weighted by Gasteiger charge is 2.34. The molecule has 1 aromatic rings. The van der Waals surface area contributed by atoms with Gasteiger partial charge in [-0.3, -0.25) is 19.7 Å². The van der Waals surface area contributed by atoms with E-state index in [0.717, 1.165) is 19.3 Å². The number of ether oxygens (including phenoxy) is 2. The molecule has 30 heavy (non-hydrogen) atoms. The van der Waals surface area contributed by atoms with E-state index in [2.05, 4.69) is 17.6 Å². The minimum absolute atomic E-state index is 0.0976. The van der Waals surface area contributed by atoms with Crippen molar-refractivity contribution in [3.05, 3.63) is 29.8 Å². The lowest BCUT2D eigenvalue weighted by Crippen LogP contribution is -2.60. The third-order valence-electron chi connectivity index (χ3n) is 4.59. The molecule has 1 aromatic carbocycles. The zero-order valence-electron chi connectivity index (χ0n) is 17.4. The van der Waals surface area contributed by atoms with Crippen LogP contribution in [0.3, 0.4) is 0 Å². The molecule has 0 bridgehead atoms. The third kappa shape index (κ3) is 6.98. The van der Waals surface area contributed by atoms with Crippen molar-refractivity contribution in [2.45, 2.75) is 45.6 Å². The van der Waals surface area contributed by atoms with E-state index < -0.39 is 17.9 Å². The van der Waals surface area contributed by atoms with Gasteiger partial charge in [0, 0.05) is 18.7 Å². The Bertz CT molecular complexity index is 771. The molecule has 1 aliphatic heterocycles. The summed E-state index contributed by atoms with van der Waals surface area (Å²) in [5, 5.41) is 5.48. The van der Waals surface area contributed by atoms with Crippen molar-refractivity contribution in [1.29, 1.82) is 0 Å². The van der Waals surface area contributed by atoms with Gasteiger partial charge >= 0.3 is 5.97 Å². The van der Waals surface area contributed by atoms with Gasteiger partial charge in [-0.15, -0.1) is 0 Å². The van der Waals surface area contributed by atoms with E-state index in [4.69, 9.17) is 21.7 Å². The molecule has 0 aromatic heterocycles. The molecule has 8 nitrogen and oxygen atoms in total. The van der Waals surface area contributed by atoms with Gasteiger partial charge < -0.3 is 19.7 Å². The first-order chi connectivity index (χ1) is 14.5. The smallest absolute Gasteiger partial charge is 0.308 e. The van der Waals surface area contributed by atoms with Crippen LogP contribution in [0, 0.1) is 0 Å². The Labute approximate surface area is 182 Å². The van der Waals surface area contributed by atoms with Crippen molar-refractivity contribution in [3.8, 4) is 5.75 Å². The van der Waals surface area contributed by atoms with Crippen LogP contribution in [0.4, 0.5) is 0 Å². The molecule has 2 amide bonds. The van der Waals surface area contributed by atoms with Crippen molar-refractivity contribution in [3.63, 3.8) is 0 Å². The number of nitrogens with one attached hydrogen (secondary N) is 2. The molecule has 1 aliphatic rings. The Balaban J connectivity index is 1.99. The maximum atomic E-state index is 12.6. The number of piperazine rings is 1. The summed E-state index contributed by atoms with van der Waals surface area (Å²) >= 11 is 5.37. The Hall–Kier alpha value is -2.68. The van der Waals surface area contributed by atoms with Crippen molar-refractivity contribution in [2.24, 2.45) is 0 Å². The standard InChI is InChI=1S/C21H29N3O5S/c1-3-5-6-12-29-18(25)14-17-20(27)22-10-11-24(17)21(30)23-19(26)15-8-7-9-16(13-15)28-4-2/h7-9,13,17H,3-6,10-12,14H2,1-2H3,(H,22,27)(H,23,26,30). The molecule has 0 spiro atoms. The van der Waals surface area contributed by atoms with E-state index >= 15 is 0 Å². The van der Waals surface area contributed by atoms with Crippen LogP contribution in [-0.2, 0) is 14.3 Å². The second-order valence-corrected chi connectivity index (χ2v) is 7.24. The average Bonchev–Trinajstić information content (AvgIpc) is 2.73. The molecule has 1 unspecified atom stereocenters. The average molecular weight is 436 g/mol. The van der Waals surface area contributed by atoms with Crippen molar-refractivity contribution >= 4 is 35.1 Å². The third-order valence-corrected chi connectivity index (χ3v) is 4.93. The zero-order valence-corrected chi connectivity index (χ0v) is 18.3. The lowest BCUT2D eigenvalue weighted by atomic mass is 10.1. The van der Waals surface area contributed by atoms with E-state index in [9.17, 15) is 14.4 Å². The molecule has 2 N–H and O–H groups in total. The van der Waals surface area contributed by atoms with Crippen LogP contribution in [0.1, 0.15) is 49.9 Å². The summed E-state index contributed by atoms with van der Waals surface area (Å²) in [6.45, 7) is 5.50. The second-order valence-electron chi connectivity index (χ2n) is 6.85. The van der Waals surface area contributed by atoms with Gasteiger partial charge in [0.2, 0.25) is 5.91 Å². The highest BCUT2D eigenvalue weighted by molar-refractivity contribution is 7.80. The molecule has 2 rings (SSSR count). The summed E-state index contributed by atoms with van der Waals surface area (Å²) < 4.78 is 10.6. The quantitative estimate of drug-likeness (QED) is 0.348. The summed E-state index contributed by atoms with van der Waals surface area (Å²) in [6, 6.07) is 5.92. The Morgan fingerprint density at radius 2 is 2.10 bits per heavy atom. The number of esters is 1. The molecule has 1 fully saturated rings. The van der Waals surface area contributed by atoms with E-state index in [1.165, 1.54) is 0 Å². The van der Waals surface area contributed by atoms with Gasteiger partial charge in [0.25, 0.3) is 5.91 Å². The second kappa shape index (κ2) is 12.1. The fraction of sp³-hybridized carbons (Fsp3) is 0.524. The summed E-state index contributed by atoms with van der Waals surface area (Å²) in [4.78, 5) is 38.7. The fourth-order valence-electron chi connectivity index (χ4n) is 3.05. The number of hydrogen-bond acceptors (Lipinski definition) is 6. The first-order valence-electron chi connectivity index (χ1n) is 10.2. The van der Waals surface area contributed by atoms with Gasteiger partial charge in [-0.1, -0.05) is 25.8 Å². The van der Waals surface area contributed by atoms with Crippen LogP contribution in [0.15, 0.2) is 24.3 Å². The molecular weight excluding hydrogens is 406 g/mol. The monoisotopic (exact) mass is 435 g/mol. The topological polar surface area (TPSA) is 97.0 Å². The SMILES string of the molecule is CCCCCOC(=O)CC1C(=O)NCCN1C(=S)NC(=O)c1cccc(OCC)c1. The molecule has 1 atom stereocenters. The fourth-order valence-corrected chi connectivity index (χ4v) is 3.36. The number of rotatable bonds is 9. The van der Waals surface area contributed by atoms with E-state index in [1.54, 1.807) is 29.2 Å². The molecule has 1 saturated heterocycles. The van der Waals surface area contributed by atoms with Crippen LogP contribution in [0.5, 0.6) is 5.75 Å². The Morgan fingerprint density at radius 3 is 2.83 bits per heavy atom. The lowest BCUT2D eigenvalue weighted by Gasteiger charge is -2.36. The number of carbonyl (C=O) groups excluding carboxylic acids is 3. The zero-order chi connectivity index (χ0) is 21.9. The van der Waals surface area contributed by atoms with Crippen LogP contribution in [0.2, 0.25) is 0 Å². The number of unbranched alkanes of at least 4 members (excludes halogenated alkanes) is 2. The van der Waals surface area contributed by atoms with Crippen LogP contribution in [0.25, 0.3) is 0 Å². The van der Waals surface area contributed by atoms with Gasteiger partial charge in [0.1, 0.15) is 11.8 Å². The summed E-state index contributed by atoms with van der Waals surface area (Å²) in [5.41, 5.74) is 0.386. The molecule has 0 saturated carbocycles. The molecule has 164 valence electrons. The molecular formula is C21H29N3O5S. The first kappa shape index (κ1) is 23.6. The molecule has 0 radical (unpaired) electrons. The Morgan fingerprint density at radius 1 is 1.30 bits per heavy atom. The van der Waals surface area contributed by atoms with Gasteiger partial charge in [0.05, 0.1) is 19.6 Å². The van der Waals surface area contributed by atoms with E-state index in [1.807, 2.05) is 6.92 Å². The van der Waals surface area contributed by atoms with Gasteiger partial charge in [-0.2, -0.15) is 0 Å². The van der Waals surface area contributed by atoms with Crippen LogP contribution >= 0.6 is 12.2 Å². The van der Waals surface area contributed by atoms with Crippen molar-refractivity contribution in [2.75, 3.05) is 26.3 Å². The molecule has 9 heteroatoms. The summed E-state index contributed by atoms with van der Waals surface area (Å²) in [6.07, 6.45) is 2.66. The number of thiocarbonyl (C=S) groups is 1. The minimum Gasteiger partial charge on any atom is -0.494 e. The normalized spacial score (nSPS) is 15.9. The molecule has 1 heterocycles. The number of carbonyl (C=O) groups is 3. The van der Waals surface area contributed by atoms with Crippen molar-refractivity contribution < 1.29 is 23.9 Å². The summed E-state index contributed by atoms with van der Waals surface area (Å²) in [5.74, 6) is -0.607. The van der Waals surface area contributed by atoms with Gasteiger partial charge in [-0.05, 0) is 43.8 Å². The van der Waals surface area contributed by atoms with E-state index in [-0.39, 0.29) is 17.4 Å². The molecule has 0 aliphatic carbocycles. The number of amides is 2. The number of nitrogens with zero attached hydrogens (tertiary/aromatic N) is 1. The number of benzene rings is 1. The van der Waals surface area contributed by atoms with Crippen LogP contribution < -0.4 is 15.4 Å². The van der Waals surface area contributed by atoms with Crippen molar-refractivity contribution in [1.82, 2.24) is 15.5 Å². The van der Waals surface area contributed by atoms with E-state index in [0.29, 0.717) is 37.6 Å². The maximum Gasteiger partial charge on any atom is 0.308 e. The predicted octanol–water partition coefficient (Wildman–Crippen LogP) is 2.02. The minimum atomic E-state index is -0.819. The highest BCUT2D eigenvalue weighted by atomic mass is 32.1. The maximum absolute atomic E-state index is 12.6. The predicted molar refractivity (Wildman–Crippen MR) is 116 cm³/mol. The largest absolute Gasteiger partial charge is 0.494 e. The first-order valence-corrected chi connectivity index (χ1v) is 10.6. The van der Waals surface area contributed by atoms with Gasteiger partial charge in [0.15, 0.2) is 5.11 Å². The highest BCUT2D eigenvalue weighted by Crippen LogP contribution is 2.15. The van der Waals surface area contributed by atoms with Crippen LogP contribution in [-0.4, -0.2) is 60.1 Å². The summed E-state index contributed by atoms with van der Waals surface area (Å²) in [7, 11) is 0.